The Labute approximate surface area is 94.7 Å². The maximum atomic E-state index is 12.1. The molecule has 1 aromatic heterocycles. The smallest absolute Gasteiger partial charge is 0.332 e. The fourth-order valence-electron chi connectivity index (χ4n) is 1.14. The number of carboxylic acid groups (broad SMARTS) is 1. The largest absolute Gasteiger partial charge is 0.479 e. The molecule has 0 aliphatic carbocycles. The van der Waals surface area contributed by atoms with E-state index in [0.717, 1.165) is 4.57 Å². The molecule has 17 heavy (non-hydrogen) atoms. The highest BCUT2D eigenvalue weighted by atomic mass is 19.3. The Kier molecular flexibility index (Phi) is 4.58. The molecule has 1 aromatic rings. The van der Waals surface area contributed by atoms with Crippen molar-refractivity contribution in [3.05, 3.63) is 24.0 Å². The quantitative estimate of drug-likeness (QED) is 0.718. The number of hydroxylamine groups is 1. The van der Waals surface area contributed by atoms with Crippen molar-refractivity contribution in [1.29, 1.82) is 0 Å². The number of hydrogen-bond acceptors (Lipinski definition) is 3. The van der Waals surface area contributed by atoms with Crippen LogP contribution in [-0.2, 0) is 16.2 Å². The van der Waals surface area contributed by atoms with Gasteiger partial charge in [0.2, 0.25) is 0 Å². The first-order valence-corrected chi connectivity index (χ1v) is 4.58. The van der Waals surface area contributed by atoms with Gasteiger partial charge in [0.25, 0.3) is 12.3 Å². The zero-order valence-electron chi connectivity index (χ0n) is 8.60. The monoisotopic (exact) mass is 248 g/mol. The lowest BCUT2D eigenvalue weighted by Crippen LogP contribution is -2.28. The van der Waals surface area contributed by atoms with Gasteiger partial charge in [-0.25, -0.2) is 19.1 Å². The van der Waals surface area contributed by atoms with Crippen molar-refractivity contribution in [3.8, 4) is 0 Å². The first-order chi connectivity index (χ1) is 8.00. The average molecular weight is 248 g/mol. The number of nitrogens with zero attached hydrogens (tertiary/aromatic N) is 1. The number of alkyl halides is 2. The molecular weight excluding hydrogens is 238 g/mol. The Balaban J connectivity index is 2.56. The molecule has 0 saturated carbocycles. The van der Waals surface area contributed by atoms with E-state index in [9.17, 15) is 18.4 Å². The number of nitrogens with one attached hydrogen (secondary N) is 1. The van der Waals surface area contributed by atoms with Gasteiger partial charge in [-0.05, 0) is 12.1 Å². The van der Waals surface area contributed by atoms with Gasteiger partial charge in [-0.3, -0.25) is 9.63 Å². The maximum Gasteiger partial charge on any atom is 0.332 e. The summed E-state index contributed by atoms with van der Waals surface area (Å²) in [6.45, 7) is -1.32. The molecule has 0 radical (unpaired) electrons. The van der Waals surface area contributed by atoms with Crippen molar-refractivity contribution in [2.45, 2.75) is 13.0 Å². The van der Waals surface area contributed by atoms with Crippen LogP contribution in [0.15, 0.2) is 18.3 Å². The van der Waals surface area contributed by atoms with Gasteiger partial charge in [0.15, 0.2) is 6.61 Å². The Morgan fingerprint density at radius 3 is 2.82 bits per heavy atom. The first kappa shape index (κ1) is 13.1. The number of aromatic nitrogens is 1. The molecule has 0 unspecified atom stereocenters. The van der Waals surface area contributed by atoms with Crippen LogP contribution in [0, 0.1) is 0 Å². The number of amides is 1. The molecule has 0 saturated heterocycles. The number of carbonyl (C=O) groups excluding carboxylic acids is 1. The summed E-state index contributed by atoms with van der Waals surface area (Å²) >= 11 is 0. The predicted octanol–water partition coefficient (Wildman–Crippen LogP) is 0.499. The number of carbonyl (C=O) groups is 2. The van der Waals surface area contributed by atoms with E-state index < -0.39 is 31.5 Å². The van der Waals surface area contributed by atoms with Crippen LogP contribution in [0.3, 0.4) is 0 Å². The Morgan fingerprint density at radius 1 is 1.53 bits per heavy atom. The molecule has 94 valence electrons. The summed E-state index contributed by atoms with van der Waals surface area (Å²) in [5.41, 5.74) is 1.81. The van der Waals surface area contributed by atoms with E-state index in [1.165, 1.54) is 18.3 Å². The molecule has 0 fully saturated rings. The lowest BCUT2D eigenvalue weighted by atomic mass is 10.4. The van der Waals surface area contributed by atoms with Gasteiger partial charge in [0, 0.05) is 6.20 Å². The molecule has 1 rings (SSSR count). The highest BCUT2D eigenvalue weighted by Gasteiger charge is 2.14. The van der Waals surface area contributed by atoms with Crippen molar-refractivity contribution >= 4 is 11.9 Å². The Hall–Kier alpha value is -1.96. The summed E-state index contributed by atoms with van der Waals surface area (Å²) in [6.07, 6.45) is -1.27. The highest BCUT2D eigenvalue weighted by molar-refractivity contribution is 5.92. The third kappa shape index (κ3) is 4.19. The molecule has 0 aliphatic heterocycles. The molecule has 8 heteroatoms. The molecule has 0 aromatic carbocycles. The minimum absolute atomic E-state index is 0.0318. The Morgan fingerprint density at radius 2 is 2.24 bits per heavy atom. The third-order valence-electron chi connectivity index (χ3n) is 1.76. The van der Waals surface area contributed by atoms with Crippen LogP contribution in [0.2, 0.25) is 0 Å². The molecule has 1 amide bonds. The first-order valence-electron chi connectivity index (χ1n) is 4.58. The molecular formula is C9H10F2N2O4. The summed E-state index contributed by atoms with van der Waals surface area (Å²) in [7, 11) is 0. The molecule has 0 aliphatic rings. The van der Waals surface area contributed by atoms with E-state index in [1.54, 1.807) is 0 Å². The standard InChI is InChI=1S/C9H10F2N2O4/c10-7(11)4-13-3-1-2-6(13)9(16)12-17-5-8(14)15/h1-3,7H,4-5H2,(H,12,16)(H,14,15). The van der Waals surface area contributed by atoms with E-state index in [0.29, 0.717) is 0 Å². The van der Waals surface area contributed by atoms with Gasteiger partial charge in [-0.1, -0.05) is 0 Å². The number of rotatable bonds is 6. The predicted molar refractivity (Wildman–Crippen MR) is 51.5 cm³/mol. The van der Waals surface area contributed by atoms with Crippen LogP contribution >= 0.6 is 0 Å². The Bertz CT molecular complexity index is 405. The van der Waals surface area contributed by atoms with Gasteiger partial charge in [-0.15, -0.1) is 0 Å². The average Bonchev–Trinajstić information content (AvgIpc) is 2.64. The van der Waals surface area contributed by atoms with Gasteiger partial charge >= 0.3 is 5.97 Å². The van der Waals surface area contributed by atoms with E-state index in [4.69, 9.17) is 5.11 Å². The molecule has 1 heterocycles. The van der Waals surface area contributed by atoms with Gasteiger partial charge < -0.3 is 9.67 Å². The summed E-state index contributed by atoms with van der Waals surface area (Å²) in [5, 5.41) is 8.25. The normalized spacial score (nSPS) is 10.5. The van der Waals surface area contributed by atoms with Crippen molar-refractivity contribution in [2.75, 3.05) is 6.61 Å². The van der Waals surface area contributed by atoms with Crippen molar-refractivity contribution in [2.24, 2.45) is 0 Å². The van der Waals surface area contributed by atoms with Gasteiger partial charge in [0.05, 0.1) is 6.54 Å². The fourth-order valence-corrected chi connectivity index (χ4v) is 1.14. The molecule has 6 nitrogen and oxygen atoms in total. The van der Waals surface area contributed by atoms with E-state index in [1.807, 2.05) is 5.48 Å². The second-order valence-electron chi connectivity index (χ2n) is 3.05. The van der Waals surface area contributed by atoms with Crippen LogP contribution < -0.4 is 5.48 Å². The second kappa shape index (κ2) is 5.94. The summed E-state index contributed by atoms with van der Waals surface area (Å²) in [5.74, 6) is -2.04. The third-order valence-corrected chi connectivity index (χ3v) is 1.76. The lowest BCUT2D eigenvalue weighted by Gasteiger charge is -2.08. The minimum Gasteiger partial charge on any atom is -0.479 e. The molecule has 0 atom stereocenters. The van der Waals surface area contributed by atoms with Crippen LogP contribution in [0.4, 0.5) is 8.78 Å². The zero-order chi connectivity index (χ0) is 12.8. The van der Waals surface area contributed by atoms with Crippen molar-refractivity contribution in [3.63, 3.8) is 0 Å². The van der Waals surface area contributed by atoms with Crippen molar-refractivity contribution in [1.82, 2.24) is 10.0 Å². The fraction of sp³-hybridized carbons (Fsp3) is 0.333. The number of halogens is 2. The zero-order valence-corrected chi connectivity index (χ0v) is 8.60. The maximum absolute atomic E-state index is 12.1. The number of aliphatic carboxylic acids is 1. The molecule has 0 bridgehead atoms. The van der Waals surface area contributed by atoms with Crippen LogP contribution in [-0.4, -0.2) is 34.6 Å². The number of carboxylic acids is 1. The van der Waals surface area contributed by atoms with Gasteiger partial charge in [0.1, 0.15) is 5.69 Å². The molecule has 0 spiro atoms. The number of hydrogen-bond donors (Lipinski definition) is 2. The van der Waals surface area contributed by atoms with Crippen LogP contribution in [0.5, 0.6) is 0 Å². The van der Waals surface area contributed by atoms with Crippen molar-refractivity contribution < 1.29 is 28.3 Å². The lowest BCUT2D eigenvalue weighted by molar-refractivity contribution is -0.144. The van der Waals surface area contributed by atoms with Crippen LogP contribution in [0.25, 0.3) is 0 Å². The van der Waals surface area contributed by atoms with Crippen LogP contribution in [0.1, 0.15) is 10.5 Å². The highest BCUT2D eigenvalue weighted by Crippen LogP contribution is 2.06. The van der Waals surface area contributed by atoms with E-state index in [2.05, 4.69) is 4.84 Å². The van der Waals surface area contributed by atoms with E-state index in [-0.39, 0.29) is 5.69 Å². The molecule has 2 N–H and O–H groups in total. The minimum atomic E-state index is -2.59. The van der Waals surface area contributed by atoms with Gasteiger partial charge in [-0.2, -0.15) is 0 Å². The topological polar surface area (TPSA) is 80.6 Å². The van der Waals surface area contributed by atoms with E-state index >= 15 is 0 Å². The summed E-state index contributed by atoms with van der Waals surface area (Å²) < 4.78 is 25.3. The summed E-state index contributed by atoms with van der Waals surface area (Å²) in [4.78, 5) is 25.8. The second-order valence-corrected chi connectivity index (χ2v) is 3.05. The SMILES string of the molecule is O=C(O)CONC(=O)c1cccn1CC(F)F. The summed E-state index contributed by atoms with van der Waals surface area (Å²) in [6, 6.07) is 2.75.